The average molecular weight is 369 g/mol. The van der Waals surface area contributed by atoms with E-state index in [0.717, 1.165) is 12.8 Å². The van der Waals surface area contributed by atoms with Crippen LogP contribution in [0.4, 0.5) is 0 Å². The van der Waals surface area contributed by atoms with Gasteiger partial charge in [-0.3, -0.25) is 0 Å². The van der Waals surface area contributed by atoms with Gasteiger partial charge in [0, 0.05) is 25.6 Å². The van der Waals surface area contributed by atoms with Crippen molar-refractivity contribution < 1.29 is 0 Å². The third-order valence-corrected chi connectivity index (χ3v) is 7.47. The average Bonchev–Trinajstić information content (AvgIpc) is 3.09. The summed E-state index contributed by atoms with van der Waals surface area (Å²) in [7, 11) is 0. The molecule has 0 N–H and O–H groups in total. The van der Waals surface area contributed by atoms with Crippen molar-refractivity contribution in [2.75, 3.05) is 0 Å². The van der Waals surface area contributed by atoms with Gasteiger partial charge >= 0.3 is 0 Å². The van der Waals surface area contributed by atoms with Crippen molar-refractivity contribution in [1.29, 1.82) is 0 Å². The van der Waals surface area contributed by atoms with Crippen LogP contribution in [0.15, 0.2) is 48.5 Å². The van der Waals surface area contributed by atoms with Gasteiger partial charge in [-0.15, -0.1) is 11.3 Å². The highest BCUT2D eigenvalue weighted by Gasteiger charge is 2.20. The lowest BCUT2D eigenvalue weighted by Crippen LogP contribution is -2.01. The normalized spacial score (nSPS) is 12.0. The van der Waals surface area contributed by atoms with Gasteiger partial charge in [-0.25, -0.2) is 0 Å². The maximum Gasteiger partial charge on any atom is 0.0440 e. The zero-order chi connectivity index (χ0) is 18.7. The lowest BCUT2D eigenvalue weighted by molar-refractivity contribution is 1.01. The van der Waals surface area contributed by atoms with Crippen LogP contribution in [0.25, 0.3) is 41.7 Å². The molecule has 27 heavy (non-hydrogen) atoms. The fraction of sp³-hybridized carbons (Fsp3) is 0.231. The molecule has 1 aromatic heterocycles. The zero-order valence-corrected chi connectivity index (χ0v) is 17.3. The Morgan fingerprint density at radius 2 is 1.19 bits per heavy atom. The van der Waals surface area contributed by atoms with E-state index >= 15 is 0 Å². The van der Waals surface area contributed by atoms with Crippen LogP contribution < -0.4 is 0 Å². The molecule has 5 aromatic rings. The molecule has 0 amide bonds. The second-order valence-electron chi connectivity index (χ2n) is 7.51. The van der Waals surface area contributed by atoms with Crippen molar-refractivity contribution in [3.63, 3.8) is 0 Å². The third kappa shape index (κ3) is 2.15. The fourth-order valence-corrected chi connectivity index (χ4v) is 6.37. The molecule has 0 aliphatic rings. The van der Waals surface area contributed by atoms with Crippen LogP contribution in [0.1, 0.15) is 36.1 Å². The summed E-state index contributed by atoms with van der Waals surface area (Å²) < 4.78 is 2.83. The molecule has 0 bridgehead atoms. The maximum absolute atomic E-state index is 2.35. The number of rotatable bonds is 2. The topological polar surface area (TPSA) is 0 Å². The summed E-state index contributed by atoms with van der Waals surface area (Å²) in [6.45, 7) is 9.29. The van der Waals surface area contributed by atoms with Gasteiger partial charge in [-0.1, -0.05) is 56.3 Å². The molecule has 5 rings (SSSR count). The predicted molar refractivity (Wildman–Crippen MR) is 123 cm³/mol. The molecule has 0 unspecified atom stereocenters. The first kappa shape index (κ1) is 16.8. The second kappa shape index (κ2) is 6.07. The van der Waals surface area contributed by atoms with Gasteiger partial charge in [0.25, 0.3) is 0 Å². The molecule has 0 aliphatic carbocycles. The maximum atomic E-state index is 2.35. The van der Waals surface area contributed by atoms with E-state index in [1.165, 1.54) is 52.8 Å². The Kier molecular flexibility index (Phi) is 3.77. The van der Waals surface area contributed by atoms with Crippen molar-refractivity contribution in [1.82, 2.24) is 0 Å². The van der Waals surface area contributed by atoms with Crippen LogP contribution in [-0.2, 0) is 12.8 Å². The predicted octanol–water partition coefficient (Wildman–Crippen LogP) is 8.10. The SMILES string of the molecule is CCc1c(CC)c(C)c2c(c1C)c1ccccc1c1sc3ccccc3c12. The van der Waals surface area contributed by atoms with E-state index in [2.05, 4.69) is 76.2 Å². The molecule has 1 heterocycles. The Bertz CT molecular complexity index is 1350. The second-order valence-corrected chi connectivity index (χ2v) is 8.56. The Balaban J connectivity index is 2.23. The lowest BCUT2D eigenvalue weighted by Gasteiger charge is -2.20. The van der Waals surface area contributed by atoms with Gasteiger partial charge in [0.2, 0.25) is 0 Å². The Morgan fingerprint density at radius 1 is 0.630 bits per heavy atom. The highest BCUT2D eigenvalue weighted by atomic mass is 32.1. The summed E-state index contributed by atoms with van der Waals surface area (Å²) in [5.74, 6) is 0. The molecule has 0 atom stereocenters. The molecule has 0 nitrogen and oxygen atoms in total. The van der Waals surface area contributed by atoms with Gasteiger partial charge in [-0.2, -0.15) is 0 Å². The van der Waals surface area contributed by atoms with E-state index in [0.29, 0.717) is 0 Å². The first-order chi connectivity index (χ1) is 13.2. The quantitative estimate of drug-likeness (QED) is 0.276. The summed E-state index contributed by atoms with van der Waals surface area (Å²) in [5.41, 5.74) is 6.05. The number of hydrogen-bond donors (Lipinski definition) is 0. The van der Waals surface area contributed by atoms with E-state index < -0.39 is 0 Å². The van der Waals surface area contributed by atoms with Crippen LogP contribution in [0.2, 0.25) is 0 Å². The Hall–Kier alpha value is -2.38. The number of hydrogen-bond acceptors (Lipinski definition) is 1. The van der Waals surface area contributed by atoms with Gasteiger partial charge < -0.3 is 0 Å². The number of fused-ring (bicyclic) bond motifs is 8. The number of benzene rings is 4. The molecular formula is C26H24S. The fourth-order valence-electron chi connectivity index (χ4n) is 5.12. The van der Waals surface area contributed by atoms with Crippen molar-refractivity contribution >= 4 is 53.1 Å². The van der Waals surface area contributed by atoms with Crippen LogP contribution in [0.3, 0.4) is 0 Å². The number of thiophene rings is 1. The first-order valence-corrected chi connectivity index (χ1v) is 10.8. The van der Waals surface area contributed by atoms with E-state index in [-0.39, 0.29) is 0 Å². The molecule has 0 radical (unpaired) electrons. The van der Waals surface area contributed by atoms with Gasteiger partial charge in [-0.05, 0) is 71.2 Å². The molecule has 134 valence electrons. The van der Waals surface area contributed by atoms with E-state index in [4.69, 9.17) is 0 Å². The Morgan fingerprint density at radius 3 is 1.85 bits per heavy atom. The summed E-state index contributed by atoms with van der Waals surface area (Å²) in [5, 5.41) is 8.62. The van der Waals surface area contributed by atoms with Gasteiger partial charge in [0.1, 0.15) is 0 Å². The molecular weight excluding hydrogens is 344 g/mol. The summed E-state index contributed by atoms with van der Waals surface area (Å²) >= 11 is 1.94. The molecule has 0 saturated carbocycles. The third-order valence-electron chi connectivity index (χ3n) is 6.26. The smallest absolute Gasteiger partial charge is 0.0440 e. The molecule has 0 saturated heterocycles. The highest BCUT2D eigenvalue weighted by Crippen LogP contribution is 2.47. The molecule has 4 aromatic carbocycles. The first-order valence-electron chi connectivity index (χ1n) is 9.93. The molecule has 0 aliphatic heterocycles. The van der Waals surface area contributed by atoms with E-state index in [1.54, 1.807) is 11.1 Å². The lowest BCUT2D eigenvalue weighted by atomic mass is 9.84. The molecule has 0 fully saturated rings. The molecule has 0 spiro atoms. The Labute approximate surface area is 164 Å². The van der Waals surface area contributed by atoms with E-state index in [1.807, 2.05) is 11.3 Å². The summed E-state index contributed by atoms with van der Waals surface area (Å²) in [6.07, 6.45) is 2.20. The van der Waals surface area contributed by atoms with Gasteiger partial charge in [0.15, 0.2) is 0 Å². The van der Waals surface area contributed by atoms with Crippen molar-refractivity contribution in [2.45, 2.75) is 40.5 Å². The highest BCUT2D eigenvalue weighted by molar-refractivity contribution is 7.27. The van der Waals surface area contributed by atoms with E-state index in [9.17, 15) is 0 Å². The summed E-state index contributed by atoms with van der Waals surface area (Å²) in [4.78, 5) is 0. The number of aryl methyl sites for hydroxylation is 2. The minimum atomic E-state index is 1.10. The van der Waals surface area contributed by atoms with Crippen LogP contribution in [-0.4, -0.2) is 0 Å². The minimum absolute atomic E-state index is 1.10. The largest absolute Gasteiger partial charge is 0.135 e. The van der Waals surface area contributed by atoms with Crippen molar-refractivity contribution in [3.05, 3.63) is 70.8 Å². The van der Waals surface area contributed by atoms with Crippen LogP contribution >= 0.6 is 11.3 Å². The van der Waals surface area contributed by atoms with Crippen molar-refractivity contribution in [3.8, 4) is 0 Å². The standard InChI is InChI=1S/C26H24S/c1-5-17-15(3)23-19-11-7-8-12-20(19)26-25(24(23)16(4)18(17)6-2)21-13-9-10-14-22(21)27-26/h7-14H,5-6H2,1-4H3. The monoisotopic (exact) mass is 368 g/mol. The van der Waals surface area contributed by atoms with Gasteiger partial charge in [0.05, 0.1) is 0 Å². The summed E-state index contributed by atoms with van der Waals surface area (Å²) in [6, 6.07) is 17.9. The van der Waals surface area contributed by atoms with Crippen LogP contribution in [0, 0.1) is 13.8 Å². The molecule has 1 heteroatoms. The van der Waals surface area contributed by atoms with Crippen molar-refractivity contribution in [2.24, 2.45) is 0 Å². The van der Waals surface area contributed by atoms with Crippen LogP contribution in [0.5, 0.6) is 0 Å². The zero-order valence-electron chi connectivity index (χ0n) is 16.4. The minimum Gasteiger partial charge on any atom is -0.135 e.